The van der Waals surface area contributed by atoms with Crippen molar-refractivity contribution in [3.8, 4) is 0 Å². The first-order valence-corrected chi connectivity index (χ1v) is 7.65. The minimum atomic E-state index is -0.639. The van der Waals surface area contributed by atoms with E-state index in [2.05, 4.69) is 22.6 Å². The molecular weight excluding hydrogens is 425 g/mol. The van der Waals surface area contributed by atoms with E-state index in [-0.39, 0.29) is 24.6 Å². The number of rotatable bonds is 3. The Hall–Kier alpha value is -1.32. The summed E-state index contributed by atoms with van der Waals surface area (Å²) >= 11 is 8.14. The third-order valence-corrected chi connectivity index (χ3v) is 4.18. The molecule has 0 amide bonds. The average molecular weight is 438 g/mol. The predicted octanol–water partition coefficient (Wildman–Crippen LogP) is 2.34. The zero-order valence-corrected chi connectivity index (χ0v) is 14.8. The van der Waals surface area contributed by atoms with Crippen LogP contribution in [0.25, 0.3) is 0 Å². The normalized spacial score (nSPS) is 14.8. The largest absolute Gasteiger partial charge is 0.466 e. The average Bonchev–Trinajstić information content (AvgIpc) is 2.54. The van der Waals surface area contributed by atoms with Crippen molar-refractivity contribution in [1.82, 2.24) is 0 Å². The van der Waals surface area contributed by atoms with Crippen molar-refractivity contribution in [2.75, 3.05) is 32.5 Å². The van der Waals surface area contributed by atoms with E-state index in [0.717, 1.165) is 3.57 Å². The summed E-state index contributed by atoms with van der Waals surface area (Å²) in [5.41, 5.74) is 0.853. The Balaban J connectivity index is 2.60. The Morgan fingerprint density at radius 3 is 2.59 bits per heavy atom. The molecule has 0 aliphatic carbocycles. The highest BCUT2D eigenvalue weighted by atomic mass is 127. The van der Waals surface area contributed by atoms with Gasteiger partial charge in [0.1, 0.15) is 12.4 Å². The fourth-order valence-electron chi connectivity index (χ4n) is 2.03. The molecular formula is C14H13ClINO5. The van der Waals surface area contributed by atoms with E-state index in [9.17, 15) is 9.59 Å². The van der Waals surface area contributed by atoms with Crippen molar-refractivity contribution in [2.24, 2.45) is 0 Å². The number of hydrogen-bond donors (Lipinski definition) is 0. The summed E-state index contributed by atoms with van der Waals surface area (Å²) in [6, 6.07) is 5.23. The number of carbonyl (C=O) groups excluding carboxylic acids is 2. The molecule has 1 aliphatic rings. The molecule has 0 spiro atoms. The summed E-state index contributed by atoms with van der Waals surface area (Å²) in [5.74, 6) is -1.28. The van der Waals surface area contributed by atoms with Crippen molar-refractivity contribution in [3.63, 3.8) is 0 Å². The van der Waals surface area contributed by atoms with E-state index >= 15 is 0 Å². The third-order valence-electron chi connectivity index (χ3n) is 3.03. The Labute approximate surface area is 146 Å². The number of nitrogens with zero attached hydrogens (tertiary/aromatic N) is 1. The molecule has 8 heteroatoms. The van der Waals surface area contributed by atoms with Gasteiger partial charge in [0.05, 0.1) is 32.1 Å². The Kier molecular flexibility index (Phi) is 5.65. The number of ether oxygens (including phenoxy) is 3. The van der Waals surface area contributed by atoms with E-state index in [1.807, 2.05) is 0 Å². The van der Waals surface area contributed by atoms with Crippen LogP contribution in [0.15, 0.2) is 29.5 Å². The van der Waals surface area contributed by atoms with Gasteiger partial charge in [0, 0.05) is 8.59 Å². The molecule has 0 aromatic heterocycles. The molecule has 1 aliphatic heterocycles. The van der Waals surface area contributed by atoms with Gasteiger partial charge in [-0.2, -0.15) is 0 Å². The molecule has 1 aromatic rings. The van der Waals surface area contributed by atoms with Crippen LogP contribution in [0.4, 0.5) is 5.69 Å². The van der Waals surface area contributed by atoms with Gasteiger partial charge < -0.3 is 19.1 Å². The van der Waals surface area contributed by atoms with Crippen LogP contribution in [-0.2, 0) is 23.8 Å². The SMILES string of the molecule is COC(=O)C1=C(C(=O)OC)N(c2cc(Cl)ccc2I)COC1. The molecule has 0 fully saturated rings. The summed E-state index contributed by atoms with van der Waals surface area (Å²) in [6.45, 7) is 0.0754. The van der Waals surface area contributed by atoms with Crippen LogP contribution in [0, 0.1) is 3.57 Å². The topological polar surface area (TPSA) is 65.1 Å². The van der Waals surface area contributed by atoms with E-state index in [0.29, 0.717) is 10.7 Å². The summed E-state index contributed by atoms with van der Waals surface area (Å²) < 4.78 is 15.8. The number of methoxy groups -OCH3 is 2. The monoisotopic (exact) mass is 437 g/mol. The molecule has 6 nitrogen and oxygen atoms in total. The van der Waals surface area contributed by atoms with Crippen LogP contribution in [0.2, 0.25) is 5.02 Å². The maximum Gasteiger partial charge on any atom is 0.355 e. The molecule has 0 unspecified atom stereocenters. The second-order valence-corrected chi connectivity index (χ2v) is 5.91. The van der Waals surface area contributed by atoms with Gasteiger partial charge in [0.2, 0.25) is 0 Å². The van der Waals surface area contributed by atoms with E-state index in [1.54, 1.807) is 23.1 Å². The lowest BCUT2D eigenvalue weighted by molar-refractivity contribution is -0.140. The first-order valence-electron chi connectivity index (χ1n) is 6.19. The van der Waals surface area contributed by atoms with Crippen molar-refractivity contribution in [1.29, 1.82) is 0 Å². The Morgan fingerprint density at radius 2 is 1.95 bits per heavy atom. The second kappa shape index (κ2) is 7.30. The Morgan fingerprint density at radius 1 is 1.27 bits per heavy atom. The highest BCUT2D eigenvalue weighted by Crippen LogP contribution is 2.32. The minimum absolute atomic E-state index is 0.0231. The first kappa shape index (κ1) is 17.0. The molecule has 22 heavy (non-hydrogen) atoms. The van der Waals surface area contributed by atoms with Crippen LogP contribution in [0.1, 0.15) is 0 Å². The molecule has 0 atom stereocenters. The quantitative estimate of drug-likeness (QED) is 0.534. The van der Waals surface area contributed by atoms with E-state index in [4.69, 9.17) is 25.8 Å². The highest BCUT2D eigenvalue weighted by molar-refractivity contribution is 14.1. The minimum Gasteiger partial charge on any atom is -0.466 e. The highest BCUT2D eigenvalue weighted by Gasteiger charge is 2.33. The van der Waals surface area contributed by atoms with Crippen LogP contribution >= 0.6 is 34.2 Å². The number of benzene rings is 1. The lowest BCUT2D eigenvalue weighted by atomic mass is 10.1. The molecule has 0 saturated carbocycles. The molecule has 1 heterocycles. The number of hydrogen-bond acceptors (Lipinski definition) is 6. The number of carbonyl (C=O) groups is 2. The second-order valence-electron chi connectivity index (χ2n) is 4.31. The fraction of sp³-hybridized carbons (Fsp3) is 0.286. The van der Waals surface area contributed by atoms with Crippen LogP contribution in [0.5, 0.6) is 0 Å². The zero-order chi connectivity index (χ0) is 16.3. The third kappa shape index (κ3) is 3.36. The molecule has 0 bridgehead atoms. The molecule has 0 radical (unpaired) electrons. The summed E-state index contributed by atoms with van der Waals surface area (Å²) in [6.07, 6.45) is 0. The van der Waals surface area contributed by atoms with Gasteiger partial charge in [0.25, 0.3) is 0 Å². The van der Waals surface area contributed by atoms with Gasteiger partial charge in [0.15, 0.2) is 0 Å². The summed E-state index contributed by atoms with van der Waals surface area (Å²) in [5, 5.41) is 0.504. The van der Waals surface area contributed by atoms with Crippen molar-refractivity contribution >= 4 is 51.8 Å². The van der Waals surface area contributed by atoms with Gasteiger partial charge in [-0.1, -0.05) is 11.6 Å². The van der Waals surface area contributed by atoms with Gasteiger partial charge >= 0.3 is 11.9 Å². The molecule has 118 valence electrons. The standard InChI is InChI=1S/C14H13ClINO5/c1-20-13(18)9-6-22-7-17(12(9)14(19)21-2)11-5-8(15)3-4-10(11)16/h3-5H,6-7H2,1-2H3. The molecule has 2 rings (SSSR count). The number of anilines is 1. The smallest absolute Gasteiger partial charge is 0.355 e. The van der Waals surface area contributed by atoms with Crippen molar-refractivity contribution in [3.05, 3.63) is 38.1 Å². The van der Waals surface area contributed by atoms with E-state index < -0.39 is 11.9 Å². The van der Waals surface area contributed by atoms with Crippen molar-refractivity contribution < 1.29 is 23.8 Å². The number of halogens is 2. The maximum atomic E-state index is 12.2. The lowest BCUT2D eigenvalue weighted by Gasteiger charge is -2.32. The summed E-state index contributed by atoms with van der Waals surface area (Å²) in [4.78, 5) is 25.6. The van der Waals surface area contributed by atoms with Gasteiger partial charge in [-0.15, -0.1) is 0 Å². The van der Waals surface area contributed by atoms with Gasteiger partial charge in [-0.25, -0.2) is 9.59 Å². The van der Waals surface area contributed by atoms with Crippen LogP contribution in [0.3, 0.4) is 0 Å². The molecule has 1 aromatic carbocycles. The van der Waals surface area contributed by atoms with Gasteiger partial charge in [-0.3, -0.25) is 0 Å². The first-order chi connectivity index (χ1) is 10.5. The molecule has 0 N–H and O–H groups in total. The number of esters is 2. The summed E-state index contributed by atoms with van der Waals surface area (Å²) in [7, 11) is 2.49. The zero-order valence-electron chi connectivity index (χ0n) is 11.9. The van der Waals surface area contributed by atoms with Crippen molar-refractivity contribution in [2.45, 2.75) is 0 Å². The maximum absolute atomic E-state index is 12.2. The predicted molar refractivity (Wildman–Crippen MR) is 88.5 cm³/mol. The van der Waals surface area contributed by atoms with Crippen LogP contribution in [-0.4, -0.2) is 39.5 Å². The van der Waals surface area contributed by atoms with E-state index in [1.165, 1.54) is 14.2 Å². The lowest BCUT2D eigenvalue weighted by Crippen LogP contribution is -2.39. The Bertz CT molecular complexity index is 646. The van der Waals surface area contributed by atoms with Gasteiger partial charge in [-0.05, 0) is 40.8 Å². The van der Waals surface area contributed by atoms with Crippen LogP contribution < -0.4 is 4.90 Å². The molecule has 0 saturated heterocycles. The fourth-order valence-corrected chi connectivity index (χ4v) is 2.82.